The zero-order valence-corrected chi connectivity index (χ0v) is 8.42. The Hall–Kier alpha value is -0.120. The number of hydrogen-bond acceptors (Lipinski definition) is 3. The third-order valence-corrected chi connectivity index (χ3v) is 2.60. The van der Waals surface area contributed by atoms with Gasteiger partial charge in [-0.15, -0.1) is 0 Å². The smallest absolute Gasteiger partial charge is 0.165 e. The lowest BCUT2D eigenvalue weighted by Crippen LogP contribution is -2.40. The van der Waals surface area contributed by atoms with Crippen LogP contribution in [0, 0.1) is 5.41 Å². The van der Waals surface area contributed by atoms with E-state index >= 15 is 0 Å². The Morgan fingerprint density at radius 2 is 1.75 bits per heavy atom. The molecule has 1 N–H and O–H groups in total. The van der Waals surface area contributed by atoms with Crippen LogP contribution in [-0.4, -0.2) is 30.2 Å². The predicted octanol–water partition coefficient (Wildman–Crippen LogP) is 1.15. The van der Waals surface area contributed by atoms with Crippen molar-refractivity contribution in [2.75, 3.05) is 7.11 Å². The maximum absolute atomic E-state index is 9.88. The molecule has 0 aromatic heterocycles. The summed E-state index contributed by atoms with van der Waals surface area (Å²) >= 11 is 0. The second kappa shape index (κ2) is 2.69. The second-order valence-electron chi connectivity index (χ2n) is 4.51. The summed E-state index contributed by atoms with van der Waals surface area (Å²) in [4.78, 5) is 0. The highest BCUT2D eigenvalue weighted by Crippen LogP contribution is 2.43. The van der Waals surface area contributed by atoms with Gasteiger partial charge >= 0.3 is 0 Å². The van der Waals surface area contributed by atoms with Gasteiger partial charge in [-0.3, -0.25) is 0 Å². The van der Waals surface area contributed by atoms with Gasteiger partial charge in [0.25, 0.3) is 0 Å². The van der Waals surface area contributed by atoms with Crippen molar-refractivity contribution in [1.29, 1.82) is 0 Å². The van der Waals surface area contributed by atoms with Crippen LogP contribution in [0.1, 0.15) is 27.7 Å². The standard InChI is InChI=1S/C9H18O3/c1-8(2)6(10)9(3,4)12-7(8)11-5/h6-7,10H,1-5H3/t6-,7-/m1/s1. The fraction of sp³-hybridized carbons (Fsp3) is 1.00. The number of ether oxygens (including phenoxy) is 2. The molecule has 0 bridgehead atoms. The maximum atomic E-state index is 9.88. The Morgan fingerprint density at radius 3 is 1.92 bits per heavy atom. The van der Waals surface area contributed by atoms with Crippen molar-refractivity contribution in [3.8, 4) is 0 Å². The first kappa shape index (κ1) is 9.96. The zero-order chi connectivity index (χ0) is 9.57. The monoisotopic (exact) mass is 174 g/mol. The van der Waals surface area contributed by atoms with Crippen LogP contribution in [0.25, 0.3) is 0 Å². The number of hydrogen-bond donors (Lipinski definition) is 1. The molecule has 0 aromatic carbocycles. The largest absolute Gasteiger partial charge is 0.389 e. The molecule has 3 nitrogen and oxygen atoms in total. The molecule has 0 amide bonds. The predicted molar refractivity (Wildman–Crippen MR) is 45.7 cm³/mol. The van der Waals surface area contributed by atoms with E-state index in [4.69, 9.17) is 9.47 Å². The Morgan fingerprint density at radius 1 is 1.25 bits per heavy atom. The van der Waals surface area contributed by atoms with Crippen LogP contribution in [0.5, 0.6) is 0 Å². The average Bonchev–Trinajstić information content (AvgIpc) is 2.11. The van der Waals surface area contributed by atoms with Gasteiger partial charge in [0.15, 0.2) is 6.29 Å². The summed E-state index contributed by atoms with van der Waals surface area (Å²) in [5.74, 6) is 0. The van der Waals surface area contributed by atoms with E-state index in [0.717, 1.165) is 0 Å². The molecule has 2 atom stereocenters. The average molecular weight is 174 g/mol. The molecule has 1 aliphatic rings. The highest BCUT2D eigenvalue weighted by Gasteiger charge is 2.54. The van der Waals surface area contributed by atoms with Gasteiger partial charge in [-0.25, -0.2) is 0 Å². The van der Waals surface area contributed by atoms with Gasteiger partial charge in [-0.1, -0.05) is 13.8 Å². The van der Waals surface area contributed by atoms with Crippen LogP contribution in [-0.2, 0) is 9.47 Å². The first-order chi connectivity index (χ1) is 5.32. The van der Waals surface area contributed by atoms with Gasteiger partial charge in [0.2, 0.25) is 0 Å². The first-order valence-electron chi connectivity index (χ1n) is 4.21. The maximum Gasteiger partial charge on any atom is 0.165 e. The Labute approximate surface area is 73.7 Å². The van der Waals surface area contributed by atoms with Crippen molar-refractivity contribution < 1.29 is 14.6 Å². The molecular weight excluding hydrogens is 156 g/mol. The van der Waals surface area contributed by atoms with Crippen LogP contribution in [0.3, 0.4) is 0 Å². The quantitative estimate of drug-likeness (QED) is 0.648. The van der Waals surface area contributed by atoms with Gasteiger partial charge in [-0.05, 0) is 13.8 Å². The van der Waals surface area contributed by atoms with Crippen molar-refractivity contribution in [2.45, 2.75) is 45.7 Å². The molecule has 1 fully saturated rings. The normalized spacial score (nSPS) is 38.5. The van der Waals surface area contributed by atoms with E-state index in [9.17, 15) is 5.11 Å². The summed E-state index contributed by atoms with van der Waals surface area (Å²) in [6, 6.07) is 0. The van der Waals surface area contributed by atoms with E-state index in [2.05, 4.69) is 0 Å². The van der Waals surface area contributed by atoms with Gasteiger partial charge < -0.3 is 14.6 Å². The highest BCUT2D eigenvalue weighted by molar-refractivity contribution is 4.98. The van der Waals surface area contributed by atoms with E-state index in [1.165, 1.54) is 0 Å². The SMILES string of the molecule is CO[C@@H]1OC(C)(C)[C@H](O)C1(C)C. The molecule has 1 saturated heterocycles. The second-order valence-corrected chi connectivity index (χ2v) is 4.51. The molecule has 0 unspecified atom stereocenters. The van der Waals surface area contributed by atoms with Crippen molar-refractivity contribution >= 4 is 0 Å². The summed E-state index contributed by atoms with van der Waals surface area (Å²) in [5, 5.41) is 9.88. The minimum atomic E-state index is -0.510. The van der Waals surface area contributed by atoms with Gasteiger partial charge in [-0.2, -0.15) is 0 Å². The Balaban J connectivity index is 2.88. The number of aliphatic hydroxyl groups is 1. The van der Waals surface area contributed by atoms with E-state index in [0.29, 0.717) is 0 Å². The Bertz CT molecular complexity index is 175. The lowest BCUT2D eigenvalue weighted by molar-refractivity contribution is -0.169. The van der Waals surface area contributed by atoms with Crippen molar-refractivity contribution in [2.24, 2.45) is 5.41 Å². The lowest BCUT2D eigenvalue weighted by atomic mass is 9.81. The molecule has 3 heteroatoms. The lowest BCUT2D eigenvalue weighted by Gasteiger charge is -2.28. The third kappa shape index (κ3) is 1.26. The first-order valence-corrected chi connectivity index (χ1v) is 4.21. The van der Waals surface area contributed by atoms with Crippen LogP contribution >= 0.6 is 0 Å². The molecule has 12 heavy (non-hydrogen) atoms. The highest BCUT2D eigenvalue weighted by atomic mass is 16.7. The third-order valence-electron chi connectivity index (χ3n) is 2.60. The van der Waals surface area contributed by atoms with Gasteiger partial charge in [0, 0.05) is 12.5 Å². The van der Waals surface area contributed by atoms with Crippen molar-refractivity contribution in [1.82, 2.24) is 0 Å². The van der Waals surface area contributed by atoms with Crippen molar-refractivity contribution in [3.63, 3.8) is 0 Å². The zero-order valence-electron chi connectivity index (χ0n) is 8.42. The molecule has 0 aliphatic carbocycles. The molecule has 1 rings (SSSR count). The fourth-order valence-corrected chi connectivity index (χ4v) is 1.87. The summed E-state index contributed by atoms with van der Waals surface area (Å²) in [7, 11) is 1.60. The van der Waals surface area contributed by atoms with E-state index in [1.54, 1.807) is 7.11 Å². The fourth-order valence-electron chi connectivity index (χ4n) is 1.87. The number of methoxy groups -OCH3 is 1. The molecule has 0 radical (unpaired) electrons. The van der Waals surface area contributed by atoms with Crippen molar-refractivity contribution in [3.05, 3.63) is 0 Å². The molecule has 1 aliphatic heterocycles. The number of rotatable bonds is 1. The van der Waals surface area contributed by atoms with Gasteiger partial charge in [0.1, 0.15) is 0 Å². The summed E-state index contributed by atoms with van der Waals surface area (Å²) in [6.07, 6.45) is -0.808. The molecular formula is C9H18O3. The minimum Gasteiger partial charge on any atom is -0.389 e. The van der Waals surface area contributed by atoms with Crippen LogP contribution in [0.15, 0.2) is 0 Å². The summed E-state index contributed by atoms with van der Waals surface area (Å²) < 4.78 is 10.7. The van der Waals surface area contributed by atoms with Gasteiger partial charge in [0.05, 0.1) is 11.7 Å². The molecule has 0 saturated carbocycles. The molecule has 0 spiro atoms. The summed E-state index contributed by atoms with van der Waals surface area (Å²) in [5.41, 5.74) is -0.845. The molecule has 1 heterocycles. The summed E-state index contributed by atoms with van der Waals surface area (Å²) in [6.45, 7) is 7.64. The van der Waals surface area contributed by atoms with Crippen LogP contribution in [0.4, 0.5) is 0 Å². The molecule has 72 valence electrons. The van der Waals surface area contributed by atoms with E-state index in [1.807, 2.05) is 27.7 Å². The Kier molecular flexibility index (Phi) is 2.23. The number of aliphatic hydroxyl groups excluding tert-OH is 1. The van der Waals surface area contributed by atoms with E-state index in [-0.39, 0.29) is 11.7 Å². The van der Waals surface area contributed by atoms with E-state index < -0.39 is 11.7 Å². The van der Waals surface area contributed by atoms with Crippen LogP contribution < -0.4 is 0 Å². The topological polar surface area (TPSA) is 38.7 Å². The van der Waals surface area contributed by atoms with Crippen LogP contribution in [0.2, 0.25) is 0 Å². The minimum absolute atomic E-state index is 0.317. The molecule has 0 aromatic rings.